The molecule has 0 spiro atoms. The summed E-state index contributed by atoms with van der Waals surface area (Å²) < 4.78 is 7.79. The van der Waals surface area contributed by atoms with Gasteiger partial charge in [0.2, 0.25) is 5.82 Å². The first-order valence-electron chi connectivity index (χ1n) is 9.23. The molecule has 0 aliphatic carbocycles. The Morgan fingerprint density at radius 1 is 1.22 bits per heavy atom. The Labute approximate surface area is 161 Å². The predicted octanol–water partition coefficient (Wildman–Crippen LogP) is 2.45. The number of hydrogen-bond donors (Lipinski definition) is 1. The summed E-state index contributed by atoms with van der Waals surface area (Å²) in [4.78, 5) is 11.8. The number of rotatable bonds is 4. The van der Waals surface area contributed by atoms with Crippen LogP contribution in [-0.4, -0.2) is 25.2 Å². The zero-order valence-electron chi connectivity index (χ0n) is 15.5. The molecule has 6 nitrogen and oxygen atoms in total. The van der Waals surface area contributed by atoms with Gasteiger partial charge >= 0.3 is 0 Å². The summed E-state index contributed by atoms with van der Waals surface area (Å²) in [7, 11) is 0. The lowest BCUT2D eigenvalue weighted by atomic mass is 9.94. The van der Waals surface area contributed by atoms with Crippen LogP contribution in [0.15, 0.2) is 36.7 Å². The number of fused-ring (bicyclic) bond motifs is 5. The van der Waals surface area contributed by atoms with Crippen LogP contribution >= 0.6 is 11.3 Å². The fourth-order valence-corrected chi connectivity index (χ4v) is 4.72. The molecule has 3 aromatic heterocycles. The van der Waals surface area contributed by atoms with E-state index in [-0.39, 0.29) is 5.60 Å². The minimum Gasteiger partial charge on any atom is -0.370 e. The van der Waals surface area contributed by atoms with Gasteiger partial charge in [0.25, 0.3) is 0 Å². The molecule has 0 saturated carbocycles. The van der Waals surface area contributed by atoms with Crippen LogP contribution in [0, 0.1) is 0 Å². The molecular formula is C20H22N5OS+. The molecule has 0 radical (unpaired) electrons. The molecular weight excluding hydrogens is 358 g/mol. The second kappa shape index (κ2) is 6.37. The van der Waals surface area contributed by atoms with E-state index in [4.69, 9.17) is 9.72 Å². The van der Waals surface area contributed by atoms with Gasteiger partial charge in [-0.25, -0.2) is 14.5 Å². The van der Waals surface area contributed by atoms with Crippen LogP contribution in [0.2, 0.25) is 0 Å². The normalized spacial score (nSPS) is 16.1. The Kier molecular flexibility index (Phi) is 3.96. The Morgan fingerprint density at radius 3 is 2.93 bits per heavy atom. The van der Waals surface area contributed by atoms with Crippen molar-refractivity contribution in [3.05, 3.63) is 58.5 Å². The number of nitrogens with zero attached hydrogens (tertiary/aromatic N) is 4. The van der Waals surface area contributed by atoms with Crippen LogP contribution in [0.3, 0.4) is 0 Å². The summed E-state index contributed by atoms with van der Waals surface area (Å²) >= 11 is 1.71. The van der Waals surface area contributed by atoms with E-state index in [9.17, 15) is 0 Å². The zero-order chi connectivity index (χ0) is 18.4. The van der Waals surface area contributed by atoms with Crippen molar-refractivity contribution < 1.29 is 10.1 Å². The van der Waals surface area contributed by atoms with Gasteiger partial charge in [0, 0.05) is 16.9 Å². The quantitative estimate of drug-likeness (QED) is 0.590. The molecule has 5 rings (SSSR count). The van der Waals surface area contributed by atoms with Gasteiger partial charge in [-0.15, -0.1) is 16.4 Å². The Morgan fingerprint density at radius 2 is 2.07 bits per heavy atom. The summed E-state index contributed by atoms with van der Waals surface area (Å²) in [5, 5.41) is 8.02. The summed E-state index contributed by atoms with van der Waals surface area (Å²) in [5.74, 6) is 0.839. The van der Waals surface area contributed by atoms with E-state index < -0.39 is 0 Å². The largest absolute Gasteiger partial charge is 0.370 e. The van der Waals surface area contributed by atoms with Crippen LogP contribution in [-0.2, 0) is 30.9 Å². The Hall–Kier alpha value is -2.35. The lowest BCUT2D eigenvalue weighted by molar-refractivity contribution is -0.687. The summed E-state index contributed by atoms with van der Waals surface area (Å²) in [6.07, 6.45) is 2.66. The SMILES string of the molecule is CC1(C)Cc2c(sc3ncn4nc(C[NH2+]Cc5ccccc5)nc4c23)CO1. The summed E-state index contributed by atoms with van der Waals surface area (Å²) in [5.41, 5.74) is 3.40. The van der Waals surface area contributed by atoms with Crippen LogP contribution in [0.1, 0.15) is 35.7 Å². The molecule has 0 saturated heterocycles. The third kappa shape index (κ3) is 3.12. The average Bonchev–Trinajstić information content (AvgIpc) is 3.22. The molecule has 1 aromatic carbocycles. The maximum absolute atomic E-state index is 5.97. The Balaban J connectivity index is 1.46. The number of ether oxygens (including phenoxy) is 1. The van der Waals surface area contributed by atoms with Crippen molar-refractivity contribution in [2.75, 3.05) is 0 Å². The van der Waals surface area contributed by atoms with Gasteiger partial charge in [-0.1, -0.05) is 30.3 Å². The number of benzene rings is 1. The highest BCUT2D eigenvalue weighted by Crippen LogP contribution is 2.39. The molecule has 138 valence electrons. The first kappa shape index (κ1) is 16.8. The molecule has 27 heavy (non-hydrogen) atoms. The maximum atomic E-state index is 5.97. The van der Waals surface area contributed by atoms with Crippen molar-refractivity contribution in [1.82, 2.24) is 19.6 Å². The van der Waals surface area contributed by atoms with Gasteiger partial charge in [0.1, 0.15) is 24.2 Å². The Bertz CT molecular complexity index is 1120. The number of aromatic nitrogens is 4. The number of nitrogens with two attached hydrogens (primary N) is 1. The van der Waals surface area contributed by atoms with E-state index in [1.165, 1.54) is 16.0 Å². The lowest BCUT2D eigenvalue weighted by Crippen LogP contribution is -2.81. The smallest absolute Gasteiger partial charge is 0.206 e. The second-order valence-electron chi connectivity index (χ2n) is 7.63. The first-order valence-corrected chi connectivity index (χ1v) is 10.0. The van der Waals surface area contributed by atoms with Gasteiger partial charge in [0.05, 0.1) is 17.6 Å². The third-order valence-electron chi connectivity index (χ3n) is 5.00. The highest BCUT2D eigenvalue weighted by molar-refractivity contribution is 7.19. The fraction of sp³-hybridized carbons (Fsp3) is 0.350. The first-order chi connectivity index (χ1) is 13.1. The molecule has 0 unspecified atom stereocenters. The average molecular weight is 380 g/mol. The topological polar surface area (TPSA) is 68.9 Å². The van der Waals surface area contributed by atoms with E-state index in [2.05, 4.69) is 53.5 Å². The van der Waals surface area contributed by atoms with E-state index >= 15 is 0 Å². The van der Waals surface area contributed by atoms with Crippen molar-refractivity contribution in [3.63, 3.8) is 0 Å². The fourth-order valence-electron chi connectivity index (χ4n) is 3.65. The molecule has 0 atom stereocenters. The molecule has 0 fully saturated rings. The van der Waals surface area contributed by atoms with Gasteiger partial charge in [-0.2, -0.15) is 0 Å². The van der Waals surface area contributed by atoms with Crippen LogP contribution in [0.25, 0.3) is 15.9 Å². The van der Waals surface area contributed by atoms with Gasteiger partial charge in [-0.05, 0) is 19.4 Å². The van der Waals surface area contributed by atoms with Gasteiger partial charge in [-0.3, -0.25) is 0 Å². The lowest BCUT2D eigenvalue weighted by Gasteiger charge is -2.30. The monoisotopic (exact) mass is 380 g/mol. The van der Waals surface area contributed by atoms with Gasteiger partial charge in [0.15, 0.2) is 5.65 Å². The van der Waals surface area contributed by atoms with E-state index in [0.717, 1.165) is 41.2 Å². The second-order valence-corrected chi connectivity index (χ2v) is 8.72. The summed E-state index contributed by atoms with van der Waals surface area (Å²) in [6, 6.07) is 10.5. The van der Waals surface area contributed by atoms with Crippen molar-refractivity contribution in [2.24, 2.45) is 0 Å². The minimum atomic E-state index is -0.153. The van der Waals surface area contributed by atoms with Crippen molar-refractivity contribution in [1.29, 1.82) is 0 Å². The van der Waals surface area contributed by atoms with Crippen LogP contribution in [0.5, 0.6) is 0 Å². The molecule has 7 heteroatoms. The molecule has 4 heterocycles. The maximum Gasteiger partial charge on any atom is 0.206 e. The highest BCUT2D eigenvalue weighted by atomic mass is 32.1. The predicted molar refractivity (Wildman–Crippen MR) is 105 cm³/mol. The molecule has 1 aliphatic heterocycles. The zero-order valence-corrected chi connectivity index (χ0v) is 16.3. The molecule has 1 aliphatic rings. The number of thiophene rings is 1. The van der Waals surface area contributed by atoms with Gasteiger partial charge < -0.3 is 10.1 Å². The van der Waals surface area contributed by atoms with E-state index in [0.29, 0.717) is 6.61 Å². The third-order valence-corrected chi connectivity index (χ3v) is 6.12. The van der Waals surface area contributed by atoms with Crippen molar-refractivity contribution >= 4 is 27.2 Å². The highest BCUT2D eigenvalue weighted by Gasteiger charge is 2.30. The van der Waals surface area contributed by atoms with Crippen molar-refractivity contribution in [3.8, 4) is 0 Å². The van der Waals surface area contributed by atoms with Crippen LogP contribution in [0.4, 0.5) is 0 Å². The minimum absolute atomic E-state index is 0.153. The molecule has 4 aromatic rings. The molecule has 2 N–H and O–H groups in total. The number of hydrogen-bond acceptors (Lipinski definition) is 5. The van der Waals surface area contributed by atoms with Crippen LogP contribution < -0.4 is 5.32 Å². The van der Waals surface area contributed by atoms with E-state index in [1.54, 1.807) is 17.7 Å². The number of quaternary nitrogens is 1. The molecule has 0 amide bonds. The standard InChI is InChI=1S/C20H21N5OS/c1-20(2)8-14-15(11-26-20)27-19-17(14)18-23-16(24-25(18)12-22-19)10-21-9-13-6-4-3-5-7-13/h3-7,12,21H,8-11H2,1-2H3/p+1. The molecule has 0 bridgehead atoms. The summed E-state index contributed by atoms with van der Waals surface area (Å²) in [6.45, 7) is 6.60. The van der Waals surface area contributed by atoms with Crippen molar-refractivity contribution in [2.45, 2.75) is 45.6 Å². The van der Waals surface area contributed by atoms with E-state index in [1.807, 2.05) is 10.6 Å².